The molecule has 154 valence electrons. The van der Waals surface area contributed by atoms with Crippen molar-refractivity contribution in [3.05, 3.63) is 58.6 Å². The van der Waals surface area contributed by atoms with Crippen LogP contribution in [0.1, 0.15) is 37.3 Å². The molecule has 1 aliphatic carbocycles. The van der Waals surface area contributed by atoms with Crippen LogP contribution in [0.2, 0.25) is 5.02 Å². The van der Waals surface area contributed by atoms with Crippen LogP contribution in [0, 0.1) is 0 Å². The highest BCUT2D eigenvalue weighted by molar-refractivity contribution is 6.30. The van der Waals surface area contributed by atoms with E-state index in [-0.39, 0.29) is 5.91 Å². The number of aryl methyl sites for hydroxylation is 2. The number of hydrogen-bond donors (Lipinski definition) is 0. The van der Waals surface area contributed by atoms with Gasteiger partial charge in [-0.25, -0.2) is 0 Å². The van der Waals surface area contributed by atoms with E-state index in [2.05, 4.69) is 23.1 Å². The Labute approximate surface area is 178 Å². The van der Waals surface area contributed by atoms with Crippen molar-refractivity contribution < 1.29 is 9.53 Å². The fourth-order valence-corrected chi connectivity index (χ4v) is 4.50. The number of benzene rings is 2. The standard InChI is InChI=1S/C24H29ClN2O2/c1-2-23(29-22-11-10-18-6-3-4-7-19(18)16-22)24(28)27-14-12-26(13-15-27)21-9-5-8-20(25)17-21/h5,8-11,16-17,23H,2-4,6-7,12-15H2,1H3. The zero-order valence-electron chi connectivity index (χ0n) is 17.1. The number of fused-ring (bicyclic) bond motifs is 1. The second-order valence-electron chi connectivity index (χ2n) is 7.94. The average molecular weight is 413 g/mol. The molecule has 0 radical (unpaired) electrons. The summed E-state index contributed by atoms with van der Waals surface area (Å²) >= 11 is 6.12. The van der Waals surface area contributed by atoms with E-state index in [0.717, 1.165) is 42.4 Å². The monoisotopic (exact) mass is 412 g/mol. The van der Waals surface area contributed by atoms with Gasteiger partial charge < -0.3 is 14.5 Å². The third-order valence-corrected chi connectivity index (χ3v) is 6.24. The number of carbonyl (C=O) groups excluding carboxylic acids is 1. The minimum absolute atomic E-state index is 0.0935. The highest BCUT2D eigenvalue weighted by Crippen LogP contribution is 2.27. The molecule has 1 heterocycles. The molecule has 0 N–H and O–H groups in total. The normalized spacial score (nSPS) is 17.6. The van der Waals surface area contributed by atoms with Crippen LogP contribution >= 0.6 is 11.6 Å². The van der Waals surface area contributed by atoms with E-state index >= 15 is 0 Å². The van der Waals surface area contributed by atoms with Gasteiger partial charge in [0.15, 0.2) is 6.10 Å². The molecule has 2 aromatic rings. The fourth-order valence-electron chi connectivity index (χ4n) is 4.32. The molecule has 0 aromatic heterocycles. The molecule has 1 saturated heterocycles. The van der Waals surface area contributed by atoms with Crippen LogP contribution < -0.4 is 9.64 Å². The molecule has 1 unspecified atom stereocenters. The summed E-state index contributed by atoms with van der Waals surface area (Å²) in [5, 5.41) is 0.741. The maximum atomic E-state index is 13.1. The van der Waals surface area contributed by atoms with E-state index in [0.29, 0.717) is 19.5 Å². The van der Waals surface area contributed by atoms with Gasteiger partial charge in [0.1, 0.15) is 5.75 Å². The third kappa shape index (κ3) is 4.69. The van der Waals surface area contributed by atoms with Gasteiger partial charge in [-0.2, -0.15) is 0 Å². The number of nitrogens with zero attached hydrogens (tertiary/aromatic N) is 2. The van der Waals surface area contributed by atoms with Gasteiger partial charge in [0.25, 0.3) is 5.91 Å². The van der Waals surface area contributed by atoms with Crippen molar-refractivity contribution in [1.29, 1.82) is 0 Å². The lowest BCUT2D eigenvalue weighted by atomic mass is 9.92. The number of amides is 1. The van der Waals surface area contributed by atoms with Gasteiger partial charge in [0.05, 0.1) is 0 Å². The van der Waals surface area contributed by atoms with Gasteiger partial charge in [-0.15, -0.1) is 0 Å². The number of ether oxygens (including phenoxy) is 1. The summed E-state index contributed by atoms with van der Waals surface area (Å²) in [4.78, 5) is 17.3. The molecule has 4 rings (SSSR count). The van der Waals surface area contributed by atoms with E-state index in [4.69, 9.17) is 16.3 Å². The zero-order chi connectivity index (χ0) is 20.2. The highest BCUT2D eigenvalue weighted by Gasteiger charge is 2.28. The Balaban J connectivity index is 1.37. The maximum absolute atomic E-state index is 13.1. The maximum Gasteiger partial charge on any atom is 0.263 e. The molecule has 0 spiro atoms. The molecule has 2 aromatic carbocycles. The van der Waals surface area contributed by atoms with Gasteiger partial charge in [-0.05, 0) is 73.6 Å². The quantitative estimate of drug-likeness (QED) is 0.712. The van der Waals surface area contributed by atoms with Gasteiger partial charge in [-0.3, -0.25) is 4.79 Å². The molecule has 4 nitrogen and oxygen atoms in total. The number of rotatable bonds is 5. The Morgan fingerprint density at radius 3 is 2.52 bits per heavy atom. The van der Waals surface area contributed by atoms with Crippen LogP contribution in [0.25, 0.3) is 0 Å². The summed E-state index contributed by atoms with van der Waals surface area (Å²) < 4.78 is 6.15. The smallest absolute Gasteiger partial charge is 0.263 e. The molecular formula is C24H29ClN2O2. The molecule has 0 bridgehead atoms. The molecule has 1 fully saturated rings. The first-order chi connectivity index (χ1) is 14.1. The molecule has 0 saturated carbocycles. The van der Waals surface area contributed by atoms with Crippen molar-refractivity contribution in [2.75, 3.05) is 31.1 Å². The van der Waals surface area contributed by atoms with E-state index < -0.39 is 6.10 Å². The number of hydrogen-bond acceptors (Lipinski definition) is 3. The number of carbonyl (C=O) groups is 1. The van der Waals surface area contributed by atoms with Crippen molar-refractivity contribution in [3.63, 3.8) is 0 Å². The Bertz CT molecular complexity index is 862. The van der Waals surface area contributed by atoms with Gasteiger partial charge in [0, 0.05) is 36.9 Å². The van der Waals surface area contributed by atoms with Crippen molar-refractivity contribution in [1.82, 2.24) is 4.90 Å². The van der Waals surface area contributed by atoms with Crippen LogP contribution in [0.15, 0.2) is 42.5 Å². The Kier molecular flexibility index (Phi) is 6.29. The lowest BCUT2D eigenvalue weighted by Gasteiger charge is -2.37. The first kappa shape index (κ1) is 20.1. The lowest BCUT2D eigenvalue weighted by Crippen LogP contribution is -2.52. The second kappa shape index (κ2) is 9.08. The van der Waals surface area contributed by atoms with Crippen molar-refractivity contribution >= 4 is 23.2 Å². The summed E-state index contributed by atoms with van der Waals surface area (Å²) in [6.07, 6.45) is 5.03. The van der Waals surface area contributed by atoms with Crippen LogP contribution in [0.3, 0.4) is 0 Å². The van der Waals surface area contributed by atoms with Gasteiger partial charge in [-0.1, -0.05) is 30.7 Å². The summed E-state index contributed by atoms with van der Waals surface area (Å²) in [6, 6.07) is 14.2. The highest BCUT2D eigenvalue weighted by atomic mass is 35.5. The van der Waals surface area contributed by atoms with Crippen LogP contribution in [-0.2, 0) is 17.6 Å². The predicted molar refractivity (Wildman–Crippen MR) is 118 cm³/mol. The molecule has 1 aliphatic heterocycles. The van der Waals surface area contributed by atoms with E-state index in [1.165, 1.54) is 24.0 Å². The minimum atomic E-state index is -0.422. The average Bonchev–Trinajstić information content (AvgIpc) is 2.77. The van der Waals surface area contributed by atoms with Crippen molar-refractivity contribution in [2.45, 2.75) is 45.1 Å². The van der Waals surface area contributed by atoms with Crippen LogP contribution in [0.5, 0.6) is 5.75 Å². The molecule has 1 amide bonds. The van der Waals surface area contributed by atoms with Crippen molar-refractivity contribution in [2.24, 2.45) is 0 Å². The van der Waals surface area contributed by atoms with E-state index in [9.17, 15) is 4.79 Å². The van der Waals surface area contributed by atoms with E-state index in [1.807, 2.05) is 36.1 Å². The first-order valence-electron chi connectivity index (χ1n) is 10.7. The fraction of sp³-hybridized carbons (Fsp3) is 0.458. The van der Waals surface area contributed by atoms with Gasteiger partial charge in [0.2, 0.25) is 0 Å². The Morgan fingerprint density at radius 2 is 1.79 bits per heavy atom. The minimum Gasteiger partial charge on any atom is -0.481 e. The molecule has 29 heavy (non-hydrogen) atoms. The van der Waals surface area contributed by atoms with E-state index in [1.54, 1.807) is 0 Å². The van der Waals surface area contributed by atoms with Crippen molar-refractivity contribution in [3.8, 4) is 5.75 Å². The van der Waals surface area contributed by atoms with Crippen LogP contribution in [-0.4, -0.2) is 43.1 Å². The largest absolute Gasteiger partial charge is 0.481 e. The molecule has 2 aliphatic rings. The lowest BCUT2D eigenvalue weighted by molar-refractivity contribution is -0.139. The topological polar surface area (TPSA) is 32.8 Å². The second-order valence-corrected chi connectivity index (χ2v) is 8.38. The third-order valence-electron chi connectivity index (χ3n) is 6.01. The number of halogens is 1. The van der Waals surface area contributed by atoms with Gasteiger partial charge >= 0.3 is 0 Å². The number of anilines is 1. The molecule has 5 heteroatoms. The molecular weight excluding hydrogens is 384 g/mol. The first-order valence-corrected chi connectivity index (χ1v) is 11.1. The molecule has 1 atom stereocenters. The SMILES string of the molecule is CCC(Oc1ccc2c(c1)CCCC2)C(=O)N1CCN(c2cccc(Cl)c2)CC1. The summed E-state index contributed by atoms with van der Waals surface area (Å²) in [5.41, 5.74) is 3.92. The number of piperazine rings is 1. The Hall–Kier alpha value is -2.20. The predicted octanol–water partition coefficient (Wildman–Crippen LogP) is 4.73. The van der Waals surface area contributed by atoms with Crippen LogP contribution in [0.4, 0.5) is 5.69 Å². The summed E-state index contributed by atoms with van der Waals surface area (Å²) in [6.45, 7) is 5.04. The zero-order valence-corrected chi connectivity index (χ0v) is 17.8. The summed E-state index contributed by atoms with van der Waals surface area (Å²) in [7, 11) is 0. The Morgan fingerprint density at radius 1 is 1.03 bits per heavy atom. The summed E-state index contributed by atoms with van der Waals surface area (Å²) in [5.74, 6) is 0.916.